The maximum atomic E-state index is 12.4. The summed E-state index contributed by atoms with van der Waals surface area (Å²) in [7, 11) is 0. The van der Waals surface area contributed by atoms with E-state index in [-0.39, 0.29) is 6.03 Å². The molecule has 0 spiro atoms. The first kappa shape index (κ1) is 14.5. The zero-order chi connectivity index (χ0) is 15.2. The van der Waals surface area contributed by atoms with E-state index in [1.54, 1.807) is 28.8 Å². The standard InChI is InChI=1S/C16H16N2O3S/c19-16(17-10-15-6-3-9-22-15)18(11-13-4-1-7-20-13)12-14-5-2-8-21-14/h1-9H,10-12H2,(H,17,19). The fraction of sp³-hybridized carbons (Fsp3) is 0.188. The van der Waals surface area contributed by atoms with E-state index in [0.717, 1.165) is 16.4 Å². The molecule has 0 aliphatic heterocycles. The molecule has 3 heterocycles. The maximum absolute atomic E-state index is 12.4. The first-order chi connectivity index (χ1) is 10.8. The third-order valence-corrected chi connectivity index (χ3v) is 4.01. The molecule has 3 aromatic heterocycles. The SMILES string of the molecule is O=C(NCc1cccs1)N(Cc1ccco1)Cc1ccco1. The molecule has 0 unspecified atom stereocenters. The molecule has 2 amide bonds. The zero-order valence-electron chi connectivity index (χ0n) is 11.9. The number of hydrogen-bond donors (Lipinski definition) is 1. The van der Waals surface area contributed by atoms with Gasteiger partial charge in [0.05, 0.1) is 32.2 Å². The third kappa shape index (κ3) is 3.79. The van der Waals surface area contributed by atoms with Crippen LogP contribution in [0, 0.1) is 0 Å². The van der Waals surface area contributed by atoms with E-state index in [9.17, 15) is 4.79 Å². The van der Waals surface area contributed by atoms with Gasteiger partial charge in [-0.1, -0.05) is 6.07 Å². The third-order valence-electron chi connectivity index (χ3n) is 3.13. The second-order valence-electron chi connectivity index (χ2n) is 4.75. The zero-order valence-corrected chi connectivity index (χ0v) is 12.7. The lowest BCUT2D eigenvalue weighted by atomic mass is 10.3. The van der Waals surface area contributed by atoms with Crippen molar-refractivity contribution < 1.29 is 13.6 Å². The van der Waals surface area contributed by atoms with Crippen LogP contribution in [-0.2, 0) is 19.6 Å². The molecule has 3 rings (SSSR count). The predicted molar refractivity (Wildman–Crippen MR) is 83.2 cm³/mol. The largest absolute Gasteiger partial charge is 0.467 e. The monoisotopic (exact) mass is 316 g/mol. The number of thiophene rings is 1. The smallest absolute Gasteiger partial charge is 0.318 e. The molecule has 3 aromatic rings. The second kappa shape index (κ2) is 7.00. The summed E-state index contributed by atoms with van der Waals surface area (Å²) in [4.78, 5) is 15.2. The van der Waals surface area contributed by atoms with Crippen LogP contribution in [0.25, 0.3) is 0 Å². The molecule has 0 atom stereocenters. The minimum Gasteiger partial charge on any atom is -0.467 e. The number of carbonyl (C=O) groups is 1. The van der Waals surface area contributed by atoms with Crippen LogP contribution in [0.4, 0.5) is 4.79 Å². The number of nitrogens with zero attached hydrogens (tertiary/aromatic N) is 1. The van der Waals surface area contributed by atoms with Gasteiger partial charge in [0.15, 0.2) is 0 Å². The lowest BCUT2D eigenvalue weighted by Gasteiger charge is -2.21. The Bertz CT molecular complexity index is 639. The molecule has 0 aliphatic rings. The Morgan fingerprint density at radius 1 is 1.05 bits per heavy atom. The quantitative estimate of drug-likeness (QED) is 0.751. The van der Waals surface area contributed by atoms with Gasteiger partial charge in [-0.15, -0.1) is 11.3 Å². The minimum atomic E-state index is -0.152. The van der Waals surface area contributed by atoms with Crippen LogP contribution in [0.2, 0.25) is 0 Å². The van der Waals surface area contributed by atoms with Crippen molar-refractivity contribution in [1.82, 2.24) is 10.2 Å². The van der Waals surface area contributed by atoms with Crippen molar-refractivity contribution in [3.05, 3.63) is 70.7 Å². The number of furan rings is 2. The number of urea groups is 1. The van der Waals surface area contributed by atoms with E-state index in [1.165, 1.54) is 0 Å². The van der Waals surface area contributed by atoms with Gasteiger partial charge in [-0.2, -0.15) is 0 Å². The highest BCUT2D eigenvalue weighted by molar-refractivity contribution is 7.09. The summed E-state index contributed by atoms with van der Waals surface area (Å²) in [6, 6.07) is 11.1. The highest BCUT2D eigenvalue weighted by atomic mass is 32.1. The Morgan fingerprint density at radius 2 is 1.73 bits per heavy atom. The molecule has 22 heavy (non-hydrogen) atoms. The van der Waals surface area contributed by atoms with Crippen molar-refractivity contribution >= 4 is 17.4 Å². The minimum absolute atomic E-state index is 0.152. The van der Waals surface area contributed by atoms with E-state index < -0.39 is 0 Å². The fourth-order valence-electron chi connectivity index (χ4n) is 2.07. The molecule has 0 bridgehead atoms. The summed E-state index contributed by atoms with van der Waals surface area (Å²) >= 11 is 1.62. The molecule has 114 valence electrons. The highest BCUT2D eigenvalue weighted by Crippen LogP contribution is 2.12. The van der Waals surface area contributed by atoms with Crippen molar-refractivity contribution in [2.75, 3.05) is 0 Å². The van der Waals surface area contributed by atoms with Gasteiger partial charge in [-0.05, 0) is 35.7 Å². The lowest BCUT2D eigenvalue weighted by Crippen LogP contribution is -2.38. The first-order valence-electron chi connectivity index (χ1n) is 6.91. The van der Waals surface area contributed by atoms with Gasteiger partial charge in [-0.25, -0.2) is 4.79 Å². The van der Waals surface area contributed by atoms with Crippen LogP contribution in [0.5, 0.6) is 0 Å². The summed E-state index contributed by atoms with van der Waals surface area (Å²) in [5.41, 5.74) is 0. The van der Waals surface area contributed by atoms with Crippen molar-refractivity contribution in [3.63, 3.8) is 0 Å². The van der Waals surface area contributed by atoms with E-state index in [0.29, 0.717) is 19.6 Å². The van der Waals surface area contributed by atoms with Gasteiger partial charge in [0, 0.05) is 4.88 Å². The number of carbonyl (C=O) groups excluding carboxylic acids is 1. The Kier molecular flexibility index (Phi) is 4.60. The second-order valence-corrected chi connectivity index (χ2v) is 5.79. The average molecular weight is 316 g/mol. The predicted octanol–water partition coefficient (Wildman–Crippen LogP) is 3.85. The van der Waals surface area contributed by atoms with Crippen LogP contribution in [0.3, 0.4) is 0 Å². The van der Waals surface area contributed by atoms with E-state index >= 15 is 0 Å². The molecule has 0 aromatic carbocycles. The summed E-state index contributed by atoms with van der Waals surface area (Å²) in [5, 5.41) is 4.92. The van der Waals surface area contributed by atoms with Crippen molar-refractivity contribution in [2.45, 2.75) is 19.6 Å². The summed E-state index contributed by atoms with van der Waals surface area (Å²) in [5.74, 6) is 1.47. The lowest BCUT2D eigenvalue weighted by molar-refractivity contribution is 0.182. The van der Waals surface area contributed by atoms with Crippen LogP contribution >= 0.6 is 11.3 Å². The summed E-state index contributed by atoms with van der Waals surface area (Å²) in [6.45, 7) is 1.30. The van der Waals surface area contributed by atoms with Crippen molar-refractivity contribution in [2.24, 2.45) is 0 Å². The molecule has 6 heteroatoms. The highest BCUT2D eigenvalue weighted by Gasteiger charge is 2.17. The average Bonchev–Trinajstić information content (AvgIpc) is 3.27. The fourth-order valence-corrected chi connectivity index (χ4v) is 2.71. The maximum Gasteiger partial charge on any atom is 0.318 e. The van der Waals surface area contributed by atoms with Gasteiger partial charge in [-0.3, -0.25) is 0 Å². The van der Waals surface area contributed by atoms with Crippen molar-refractivity contribution in [3.8, 4) is 0 Å². The molecule has 1 N–H and O–H groups in total. The van der Waals surface area contributed by atoms with Gasteiger partial charge >= 0.3 is 6.03 Å². The van der Waals surface area contributed by atoms with Gasteiger partial charge in [0.2, 0.25) is 0 Å². The molecular formula is C16H16N2O3S. The number of hydrogen-bond acceptors (Lipinski definition) is 4. The molecular weight excluding hydrogens is 300 g/mol. The van der Waals surface area contributed by atoms with Crippen LogP contribution in [0.15, 0.2) is 63.1 Å². The molecule has 0 aliphatic carbocycles. The van der Waals surface area contributed by atoms with Gasteiger partial charge in [0.1, 0.15) is 11.5 Å². The first-order valence-corrected chi connectivity index (χ1v) is 7.79. The Labute approximate surface area is 132 Å². The molecule has 5 nitrogen and oxygen atoms in total. The molecule has 0 saturated heterocycles. The number of rotatable bonds is 6. The topological polar surface area (TPSA) is 58.6 Å². The van der Waals surface area contributed by atoms with Crippen LogP contribution in [0.1, 0.15) is 16.4 Å². The van der Waals surface area contributed by atoms with E-state index in [4.69, 9.17) is 8.83 Å². The summed E-state index contributed by atoms with van der Waals surface area (Å²) in [6.07, 6.45) is 3.20. The Morgan fingerprint density at radius 3 is 2.23 bits per heavy atom. The van der Waals surface area contributed by atoms with Gasteiger partial charge in [0.25, 0.3) is 0 Å². The van der Waals surface area contributed by atoms with Gasteiger partial charge < -0.3 is 19.1 Å². The Balaban J connectivity index is 1.64. The van der Waals surface area contributed by atoms with Crippen LogP contribution in [-0.4, -0.2) is 10.9 Å². The Hall–Kier alpha value is -2.47. The number of amides is 2. The van der Waals surface area contributed by atoms with Crippen molar-refractivity contribution in [1.29, 1.82) is 0 Å². The molecule has 0 saturated carbocycles. The van der Waals surface area contributed by atoms with E-state index in [1.807, 2.05) is 41.8 Å². The molecule has 0 fully saturated rings. The van der Waals surface area contributed by atoms with Crippen LogP contribution < -0.4 is 5.32 Å². The normalized spacial score (nSPS) is 10.5. The van der Waals surface area contributed by atoms with E-state index in [2.05, 4.69) is 5.32 Å². The molecule has 0 radical (unpaired) electrons. The number of nitrogens with one attached hydrogen (secondary N) is 1. The summed E-state index contributed by atoms with van der Waals surface area (Å²) < 4.78 is 10.7.